The van der Waals surface area contributed by atoms with Crippen LogP contribution < -0.4 is 0 Å². The first-order valence-electron chi connectivity index (χ1n) is 5.27. The molecular formula is C12H10BrNO3S. The van der Waals surface area contributed by atoms with Crippen LogP contribution in [-0.2, 0) is 4.79 Å². The van der Waals surface area contributed by atoms with E-state index in [1.165, 1.54) is 11.0 Å². The third-order valence-electron chi connectivity index (χ3n) is 2.46. The average Bonchev–Trinajstić information content (AvgIpc) is 2.59. The topological polar surface area (TPSA) is 57.6 Å². The van der Waals surface area contributed by atoms with Gasteiger partial charge in [0.2, 0.25) is 0 Å². The van der Waals surface area contributed by atoms with Crippen molar-refractivity contribution in [1.29, 1.82) is 0 Å². The van der Waals surface area contributed by atoms with Crippen molar-refractivity contribution in [2.24, 2.45) is 0 Å². The average molecular weight is 328 g/mol. The number of carbonyl (C=O) groups excluding carboxylic acids is 2. The lowest BCUT2D eigenvalue weighted by molar-refractivity contribution is -0.122. The molecule has 1 N–H and O–H groups in total. The Morgan fingerprint density at radius 2 is 2.17 bits per heavy atom. The van der Waals surface area contributed by atoms with E-state index < -0.39 is 0 Å². The maximum atomic E-state index is 11.9. The van der Waals surface area contributed by atoms with Crippen LogP contribution in [0.25, 0.3) is 6.08 Å². The number of phenols is 1. The largest absolute Gasteiger partial charge is 0.507 e. The quantitative estimate of drug-likeness (QED) is 0.847. The van der Waals surface area contributed by atoms with Gasteiger partial charge in [0.1, 0.15) is 5.75 Å². The number of amides is 2. The first kappa shape index (κ1) is 13.2. The lowest BCUT2D eigenvalue weighted by Gasteiger charge is -2.07. The zero-order valence-corrected chi connectivity index (χ0v) is 11.9. The summed E-state index contributed by atoms with van der Waals surface area (Å²) in [4.78, 5) is 25.0. The molecule has 1 aromatic carbocycles. The van der Waals surface area contributed by atoms with Crippen molar-refractivity contribution < 1.29 is 14.7 Å². The highest BCUT2D eigenvalue weighted by molar-refractivity contribution is 9.10. The van der Waals surface area contributed by atoms with E-state index in [1.54, 1.807) is 25.1 Å². The second-order valence-electron chi connectivity index (χ2n) is 3.64. The number of likely N-dealkylation sites (N-methyl/N-ethyl adjacent to an activating group) is 1. The molecule has 2 rings (SSSR count). The van der Waals surface area contributed by atoms with Gasteiger partial charge in [-0.15, -0.1) is 0 Å². The Bertz CT molecular complexity index is 556. The van der Waals surface area contributed by atoms with Crippen molar-refractivity contribution in [1.82, 2.24) is 4.90 Å². The van der Waals surface area contributed by atoms with E-state index in [0.717, 1.165) is 17.3 Å². The fourth-order valence-electron chi connectivity index (χ4n) is 1.54. The number of nitrogens with zero attached hydrogens (tertiary/aromatic N) is 1. The van der Waals surface area contributed by atoms with Crippen molar-refractivity contribution in [3.63, 3.8) is 0 Å². The van der Waals surface area contributed by atoms with Crippen LogP contribution in [-0.4, -0.2) is 27.7 Å². The molecule has 1 heterocycles. The third kappa shape index (κ3) is 2.44. The number of aromatic hydroxyl groups is 1. The number of hydrogen-bond donors (Lipinski definition) is 1. The molecule has 0 aliphatic carbocycles. The Balaban J connectivity index is 2.32. The van der Waals surface area contributed by atoms with Crippen LogP contribution in [0.4, 0.5) is 4.79 Å². The van der Waals surface area contributed by atoms with Crippen LogP contribution in [0.5, 0.6) is 5.75 Å². The molecule has 1 fully saturated rings. The van der Waals surface area contributed by atoms with E-state index in [1.807, 2.05) is 0 Å². The highest BCUT2D eigenvalue weighted by atomic mass is 79.9. The summed E-state index contributed by atoms with van der Waals surface area (Å²) in [5, 5.41) is 9.13. The number of halogens is 1. The van der Waals surface area contributed by atoms with Crippen LogP contribution >= 0.6 is 27.7 Å². The molecule has 18 heavy (non-hydrogen) atoms. The summed E-state index contributed by atoms with van der Waals surface area (Å²) in [5.41, 5.74) is 0.751. The van der Waals surface area contributed by atoms with Crippen LogP contribution in [0.1, 0.15) is 12.5 Å². The Kier molecular flexibility index (Phi) is 3.77. The SMILES string of the molecule is CCN1C(=O)SC(=Cc2ccc(O)c(Br)c2)C1=O. The second kappa shape index (κ2) is 5.16. The number of imide groups is 1. The molecule has 0 radical (unpaired) electrons. The number of thioether (sulfide) groups is 1. The van der Waals surface area contributed by atoms with Gasteiger partial charge in [-0.05, 0) is 58.4 Å². The number of rotatable bonds is 2. The summed E-state index contributed by atoms with van der Waals surface area (Å²) >= 11 is 4.13. The maximum Gasteiger partial charge on any atom is 0.293 e. The summed E-state index contributed by atoms with van der Waals surface area (Å²) in [6.45, 7) is 2.14. The Morgan fingerprint density at radius 1 is 1.44 bits per heavy atom. The van der Waals surface area contributed by atoms with Crippen molar-refractivity contribution in [2.45, 2.75) is 6.92 Å². The molecule has 0 atom stereocenters. The van der Waals surface area contributed by atoms with Crippen LogP contribution in [0.2, 0.25) is 0 Å². The minimum atomic E-state index is -0.267. The normalized spacial score (nSPS) is 17.9. The zero-order chi connectivity index (χ0) is 13.3. The summed E-state index contributed by atoms with van der Waals surface area (Å²) < 4.78 is 0.547. The molecular weight excluding hydrogens is 318 g/mol. The van der Waals surface area contributed by atoms with Crippen molar-refractivity contribution in [3.8, 4) is 5.75 Å². The molecule has 0 bridgehead atoms. The van der Waals surface area contributed by atoms with E-state index >= 15 is 0 Å². The minimum Gasteiger partial charge on any atom is -0.507 e. The van der Waals surface area contributed by atoms with Crippen LogP contribution in [0.15, 0.2) is 27.6 Å². The van der Waals surface area contributed by atoms with Gasteiger partial charge < -0.3 is 5.11 Å². The zero-order valence-electron chi connectivity index (χ0n) is 9.51. The lowest BCUT2D eigenvalue weighted by Crippen LogP contribution is -2.27. The predicted octanol–water partition coefficient (Wildman–Crippen LogP) is 3.21. The van der Waals surface area contributed by atoms with E-state index in [0.29, 0.717) is 15.9 Å². The molecule has 0 saturated carbocycles. The molecule has 1 aliphatic heterocycles. The van der Waals surface area contributed by atoms with Crippen molar-refractivity contribution >= 4 is 44.9 Å². The first-order valence-corrected chi connectivity index (χ1v) is 6.87. The van der Waals surface area contributed by atoms with E-state index in [2.05, 4.69) is 15.9 Å². The molecule has 94 valence electrons. The Labute approximate surface area is 117 Å². The summed E-state index contributed by atoms with van der Waals surface area (Å²) in [5.74, 6) is -0.134. The van der Waals surface area contributed by atoms with Gasteiger partial charge in [0.15, 0.2) is 0 Å². The smallest absolute Gasteiger partial charge is 0.293 e. The molecule has 0 spiro atoms. The third-order valence-corrected chi connectivity index (χ3v) is 4.00. The molecule has 6 heteroatoms. The number of carbonyl (C=O) groups is 2. The van der Waals surface area contributed by atoms with Crippen molar-refractivity contribution in [3.05, 3.63) is 33.1 Å². The lowest BCUT2D eigenvalue weighted by atomic mass is 10.2. The monoisotopic (exact) mass is 327 g/mol. The number of hydrogen-bond acceptors (Lipinski definition) is 4. The molecule has 1 saturated heterocycles. The van der Waals surface area contributed by atoms with Gasteiger partial charge in [-0.1, -0.05) is 6.07 Å². The van der Waals surface area contributed by atoms with Gasteiger partial charge in [0.25, 0.3) is 11.1 Å². The van der Waals surface area contributed by atoms with Crippen LogP contribution in [0.3, 0.4) is 0 Å². The summed E-state index contributed by atoms with van der Waals surface area (Å²) in [6.07, 6.45) is 1.64. The predicted molar refractivity (Wildman–Crippen MR) is 74.2 cm³/mol. The molecule has 0 unspecified atom stereocenters. The van der Waals surface area contributed by atoms with Crippen molar-refractivity contribution in [2.75, 3.05) is 6.54 Å². The highest BCUT2D eigenvalue weighted by Crippen LogP contribution is 2.33. The second-order valence-corrected chi connectivity index (χ2v) is 5.48. The molecule has 0 aromatic heterocycles. The maximum absolute atomic E-state index is 11.9. The van der Waals surface area contributed by atoms with Crippen LogP contribution in [0, 0.1) is 0 Å². The highest BCUT2D eigenvalue weighted by Gasteiger charge is 2.33. The van der Waals surface area contributed by atoms with E-state index in [9.17, 15) is 14.7 Å². The van der Waals surface area contributed by atoms with Gasteiger partial charge in [-0.2, -0.15) is 0 Å². The standard InChI is InChI=1S/C12H10BrNO3S/c1-2-14-11(16)10(18-12(14)17)6-7-3-4-9(15)8(13)5-7/h3-6,15H,2H2,1H3. The Hall–Kier alpha value is -1.27. The summed E-state index contributed by atoms with van der Waals surface area (Å²) in [6, 6.07) is 4.90. The minimum absolute atomic E-state index is 0.133. The first-order chi connectivity index (χ1) is 8.52. The fourth-order valence-corrected chi connectivity index (χ4v) is 2.84. The van der Waals surface area contributed by atoms with Gasteiger partial charge in [0, 0.05) is 6.54 Å². The van der Waals surface area contributed by atoms with Gasteiger partial charge in [0.05, 0.1) is 9.38 Å². The molecule has 2 amide bonds. The Morgan fingerprint density at radius 3 is 2.72 bits per heavy atom. The number of phenolic OH excluding ortho intramolecular Hbond substituents is 1. The number of benzene rings is 1. The molecule has 4 nitrogen and oxygen atoms in total. The van der Waals surface area contributed by atoms with Gasteiger partial charge in [-0.25, -0.2) is 0 Å². The molecule has 1 aliphatic rings. The van der Waals surface area contributed by atoms with Gasteiger partial charge >= 0.3 is 0 Å². The van der Waals surface area contributed by atoms with Gasteiger partial charge in [-0.3, -0.25) is 14.5 Å². The van der Waals surface area contributed by atoms with E-state index in [-0.39, 0.29) is 16.9 Å². The molecule has 1 aromatic rings. The van der Waals surface area contributed by atoms with E-state index in [4.69, 9.17) is 0 Å². The summed E-state index contributed by atoms with van der Waals surface area (Å²) in [7, 11) is 0. The fraction of sp³-hybridized carbons (Fsp3) is 0.167.